The van der Waals surface area contributed by atoms with Gasteiger partial charge in [0.15, 0.2) is 0 Å². The van der Waals surface area contributed by atoms with Crippen molar-refractivity contribution in [1.29, 1.82) is 0 Å². The van der Waals surface area contributed by atoms with Crippen LogP contribution in [-0.2, 0) is 9.53 Å². The first-order valence-electron chi connectivity index (χ1n) is 5.50. The lowest BCUT2D eigenvalue weighted by atomic mass is 9.98. The molecule has 2 heterocycles. The van der Waals surface area contributed by atoms with Gasteiger partial charge < -0.3 is 9.64 Å². The van der Waals surface area contributed by atoms with Gasteiger partial charge in [-0.1, -0.05) is 0 Å². The summed E-state index contributed by atoms with van der Waals surface area (Å²) in [7, 11) is 1.43. The minimum absolute atomic E-state index is 0.0596. The van der Waals surface area contributed by atoms with Crippen LogP contribution in [0.15, 0.2) is 17.0 Å². The number of hydrogen-bond donors (Lipinski definition) is 0. The van der Waals surface area contributed by atoms with Crippen LogP contribution in [0.5, 0.6) is 0 Å². The second-order valence-corrected chi connectivity index (χ2v) is 4.86. The van der Waals surface area contributed by atoms with Crippen molar-refractivity contribution in [3.8, 4) is 0 Å². The summed E-state index contributed by atoms with van der Waals surface area (Å²) in [4.78, 5) is 21.8. The summed E-state index contributed by atoms with van der Waals surface area (Å²) in [5, 5.41) is 0. The molecule has 6 heteroatoms. The Balaban J connectivity index is 2.12. The zero-order chi connectivity index (χ0) is 12.3. The van der Waals surface area contributed by atoms with Crippen LogP contribution in [0.2, 0.25) is 0 Å². The van der Waals surface area contributed by atoms with Gasteiger partial charge in [0.05, 0.1) is 17.5 Å². The normalized spacial score (nSPS) is 20.1. The van der Waals surface area contributed by atoms with Crippen LogP contribution in [0.3, 0.4) is 0 Å². The molecular weight excluding hydrogens is 286 g/mol. The van der Waals surface area contributed by atoms with Gasteiger partial charge >= 0.3 is 5.97 Å². The summed E-state index contributed by atoms with van der Waals surface area (Å²) in [5.74, 6) is 0.643. The Morgan fingerprint density at radius 2 is 2.47 bits per heavy atom. The Kier molecular flexibility index (Phi) is 3.93. The standard InChI is InChI=1S/C11H14BrN3O2/c1-17-11(16)8-3-2-4-15(6-8)10-9(12)5-13-7-14-10/h5,7-8H,2-4,6H2,1H3. The van der Waals surface area contributed by atoms with Crippen molar-refractivity contribution < 1.29 is 9.53 Å². The SMILES string of the molecule is COC(=O)C1CCCN(c2ncncc2Br)C1. The van der Waals surface area contributed by atoms with Gasteiger partial charge in [-0.15, -0.1) is 0 Å². The Hall–Kier alpha value is -1.17. The van der Waals surface area contributed by atoms with E-state index in [1.165, 1.54) is 13.4 Å². The van der Waals surface area contributed by atoms with Crippen LogP contribution in [-0.4, -0.2) is 36.1 Å². The molecule has 17 heavy (non-hydrogen) atoms. The molecule has 0 bridgehead atoms. The molecule has 0 amide bonds. The lowest BCUT2D eigenvalue weighted by Crippen LogP contribution is -2.39. The average Bonchev–Trinajstić information content (AvgIpc) is 2.38. The molecule has 0 radical (unpaired) electrons. The number of rotatable bonds is 2. The molecule has 1 atom stereocenters. The number of nitrogens with zero attached hydrogens (tertiary/aromatic N) is 3. The molecule has 5 nitrogen and oxygen atoms in total. The summed E-state index contributed by atoms with van der Waals surface area (Å²) in [5.41, 5.74) is 0. The smallest absolute Gasteiger partial charge is 0.310 e. The van der Waals surface area contributed by atoms with Gasteiger partial charge in [-0.05, 0) is 28.8 Å². The topological polar surface area (TPSA) is 55.3 Å². The second-order valence-electron chi connectivity index (χ2n) is 4.00. The molecule has 1 aromatic rings. The molecule has 1 aliphatic rings. The number of anilines is 1. The third-order valence-electron chi connectivity index (χ3n) is 2.90. The van der Waals surface area contributed by atoms with Gasteiger partial charge in [-0.3, -0.25) is 4.79 Å². The fourth-order valence-corrected chi connectivity index (χ4v) is 2.54. The fourth-order valence-electron chi connectivity index (χ4n) is 2.07. The van der Waals surface area contributed by atoms with Crippen LogP contribution < -0.4 is 4.90 Å². The molecular formula is C11H14BrN3O2. The molecule has 0 aromatic carbocycles. The zero-order valence-corrected chi connectivity index (χ0v) is 11.2. The molecule has 1 unspecified atom stereocenters. The highest BCUT2D eigenvalue weighted by molar-refractivity contribution is 9.10. The van der Waals surface area contributed by atoms with E-state index in [0.29, 0.717) is 6.54 Å². The summed E-state index contributed by atoms with van der Waals surface area (Å²) >= 11 is 3.42. The molecule has 0 spiro atoms. The van der Waals surface area contributed by atoms with E-state index in [1.54, 1.807) is 6.20 Å². The van der Waals surface area contributed by atoms with Gasteiger partial charge in [-0.25, -0.2) is 9.97 Å². The number of methoxy groups -OCH3 is 1. The second kappa shape index (κ2) is 5.44. The monoisotopic (exact) mass is 299 g/mol. The van der Waals surface area contributed by atoms with Crippen LogP contribution in [0.25, 0.3) is 0 Å². The summed E-state index contributed by atoms with van der Waals surface area (Å²) in [6, 6.07) is 0. The number of esters is 1. The number of piperidine rings is 1. The first-order valence-corrected chi connectivity index (χ1v) is 6.30. The number of carbonyl (C=O) groups is 1. The summed E-state index contributed by atoms with van der Waals surface area (Å²) in [6.45, 7) is 1.56. The van der Waals surface area contributed by atoms with Crippen molar-refractivity contribution in [2.75, 3.05) is 25.1 Å². The van der Waals surface area contributed by atoms with E-state index in [1.807, 2.05) is 0 Å². The number of hydrogen-bond acceptors (Lipinski definition) is 5. The van der Waals surface area contributed by atoms with Crippen LogP contribution in [0, 0.1) is 5.92 Å². The van der Waals surface area contributed by atoms with E-state index >= 15 is 0 Å². The maximum atomic E-state index is 11.5. The van der Waals surface area contributed by atoms with Crippen molar-refractivity contribution in [1.82, 2.24) is 9.97 Å². The fraction of sp³-hybridized carbons (Fsp3) is 0.545. The summed E-state index contributed by atoms with van der Waals surface area (Å²) < 4.78 is 5.65. The lowest BCUT2D eigenvalue weighted by molar-refractivity contribution is -0.145. The number of halogens is 1. The van der Waals surface area contributed by atoms with E-state index in [0.717, 1.165) is 29.7 Å². The molecule has 0 N–H and O–H groups in total. The predicted octanol–water partition coefficient (Wildman–Crippen LogP) is 1.63. The largest absolute Gasteiger partial charge is 0.469 e. The highest BCUT2D eigenvalue weighted by Gasteiger charge is 2.27. The molecule has 1 aromatic heterocycles. The predicted molar refractivity (Wildman–Crippen MR) is 66.7 cm³/mol. The molecule has 92 valence electrons. The van der Waals surface area contributed by atoms with E-state index in [9.17, 15) is 4.79 Å². The minimum Gasteiger partial charge on any atom is -0.469 e. The first kappa shape index (κ1) is 12.3. The third kappa shape index (κ3) is 2.74. The van der Waals surface area contributed by atoms with Crippen LogP contribution in [0.4, 0.5) is 5.82 Å². The number of aromatic nitrogens is 2. The van der Waals surface area contributed by atoms with Gasteiger partial charge in [0, 0.05) is 19.3 Å². The quantitative estimate of drug-likeness (QED) is 0.777. The van der Waals surface area contributed by atoms with E-state index in [2.05, 4.69) is 30.8 Å². The highest BCUT2D eigenvalue weighted by Crippen LogP contribution is 2.27. The molecule has 1 fully saturated rings. The van der Waals surface area contributed by atoms with Gasteiger partial charge in [0.25, 0.3) is 0 Å². The molecule has 1 saturated heterocycles. The third-order valence-corrected chi connectivity index (χ3v) is 3.46. The summed E-state index contributed by atoms with van der Waals surface area (Å²) in [6.07, 6.45) is 5.08. The minimum atomic E-state index is -0.139. The van der Waals surface area contributed by atoms with Crippen LogP contribution >= 0.6 is 15.9 Å². The average molecular weight is 300 g/mol. The van der Waals surface area contributed by atoms with E-state index in [-0.39, 0.29) is 11.9 Å². The van der Waals surface area contributed by atoms with E-state index < -0.39 is 0 Å². The molecule has 0 saturated carbocycles. The van der Waals surface area contributed by atoms with Gasteiger partial charge in [0.2, 0.25) is 0 Å². The van der Waals surface area contributed by atoms with Crippen molar-refractivity contribution >= 4 is 27.7 Å². The lowest BCUT2D eigenvalue weighted by Gasteiger charge is -2.32. The van der Waals surface area contributed by atoms with E-state index in [4.69, 9.17) is 4.74 Å². The van der Waals surface area contributed by atoms with Crippen molar-refractivity contribution in [3.05, 3.63) is 17.0 Å². The molecule has 2 rings (SSSR count). The highest BCUT2D eigenvalue weighted by atomic mass is 79.9. The van der Waals surface area contributed by atoms with Crippen molar-refractivity contribution in [3.63, 3.8) is 0 Å². The molecule has 1 aliphatic heterocycles. The zero-order valence-electron chi connectivity index (χ0n) is 9.60. The Morgan fingerprint density at radius 3 is 3.18 bits per heavy atom. The van der Waals surface area contributed by atoms with Crippen LogP contribution in [0.1, 0.15) is 12.8 Å². The number of carbonyl (C=O) groups excluding carboxylic acids is 1. The Morgan fingerprint density at radius 1 is 1.65 bits per heavy atom. The Bertz CT molecular complexity index is 413. The van der Waals surface area contributed by atoms with Crippen molar-refractivity contribution in [2.45, 2.75) is 12.8 Å². The maximum absolute atomic E-state index is 11.5. The van der Waals surface area contributed by atoms with Gasteiger partial charge in [-0.2, -0.15) is 0 Å². The number of ether oxygens (including phenoxy) is 1. The van der Waals surface area contributed by atoms with Gasteiger partial charge in [0.1, 0.15) is 12.1 Å². The maximum Gasteiger partial charge on any atom is 0.310 e. The Labute approximate surface area is 108 Å². The first-order chi connectivity index (χ1) is 8.22. The molecule has 0 aliphatic carbocycles. The van der Waals surface area contributed by atoms with Crippen molar-refractivity contribution in [2.24, 2.45) is 5.92 Å².